The molecule has 1 fully saturated rings. The average Bonchev–Trinajstić information content (AvgIpc) is 2.90. The van der Waals surface area contributed by atoms with Crippen LogP contribution in [-0.4, -0.2) is 35.0 Å². The summed E-state index contributed by atoms with van der Waals surface area (Å²) in [6.45, 7) is 4.50. The van der Waals surface area contributed by atoms with E-state index >= 15 is 0 Å². The predicted molar refractivity (Wildman–Crippen MR) is 78.1 cm³/mol. The molecule has 22 heavy (non-hydrogen) atoms. The summed E-state index contributed by atoms with van der Waals surface area (Å²) in [6.07, 6.45) is 2.71. The summed E-state index contributed by atoms with van der Waals surface area (Å²) in [4.78, 5) is 34.4. The number of carbonyl (C=O) groups excluding carboxylic acids is 2. The van der Waals surface area contributed by atoms with Gasteiger partial charge in [-0.1, -0.05) is 32.6 Å². The molecule has 7 heteroatoms. The number of aliphatic carboxylic acids is 1. The number of ether oxygens (including phenoxy) is 2. The van der Waals surface area contributed by atoms with Gasteiger partial charge in [0.05, 0.1) is 0 Å². The van der Waals surface area contributed by atoms with E-state index in [9.17, 15) is 19.5 Å². The molecule has 0 saturated heterocycles. The molecule has 2 atom stereocenters. The maximum absolute atomic E-state index is 11.8. The highest BCUT2D eigenvalue weighted by molar-refractivity contribution is 5.84. The Morgan fingerprint density at radius 2 is 1.86 bits per heavy atom. The van der Waals surface area contributed by atoms with E-state index in [1.165, 1.54) is 13.8 Å². The van der Waals surface area contributed by atoms with Gasteiger partial charge in [0.1, 0.15) is 5.54 Å². The summed E-state index contributed by atoms with van der Waals surface area (Å²) in [6, 6.07) is 0. The minimum absolute atomic E-state index is 0.170. The Kier molecular flexibility index (Phi) is 6.64. The van der Waals surface area contributed by atoms with E-state index in [0.717, 1.165) is 25.7 Å². The van der Waals surface area contributed by atoms with Crippen LogP contribution in [0.3, 0.4) is 0 Å². The Balaban J connectivity index is 2.55. The second-order valence-electron chi connectivity index (χ2n) is 5.93. The number of hydrogen-bond donors (Lipinski definition) is 2. The fourth-order valence-electron chi connectivity index (χ4n) is 2.68. The number of nitrogens with one attached hydrogen (secondary N) is 1. The van der Waals surface area contributed by atoms with Crippen LogP contribution < -0.4 is 5.32 Å². The topological polar surface area (TPSA) is 102 Å². The Morgan fingerprint density at radius 3 is 2.36 bits per heavy atom. The van der Waals surface area contributed by atoms with E-state index in [2.05, 4.69) is 5.32 Å². The van der Waals surface area contributed by atoms with Gasteiger partial charge < -0.3 is 19.9 Å². The molecular formula is C15H25NO6. The Bertz CT molecular complexity index is 418. The summed E-state index contributed by atoms with van der Waals surface area (Å²) in [5.41, 5.74) is -1.39. The van der Waals surface area contributed by atoms with Crippen LogP contribution >= 0.6 is 0 Å². The van der Waals surface area contributed by atoms with Gasteiger partial charge in [0.2, 0.25) is 6.29 Å². The summed E-state index contributed by atoms with van der Waals surface area (Å²) >= 11 is 0. The van der Waals surface area contributed by atoms with Crippen LogP contribution in [0.5, 0.6) is 0 Å². The molecule has 0 aliphatic heterocycles. The smallest absolute Gasteiger partial charge is 0.411 e. The number of carboxylic acid groups (broad SMARTS) is 1. The highest BCUT2D eigenvalue weighted by atomic mass is 16.7. The molecule has 0 heterocycles. The summed E-state index contributed by atoms with van der Waals surface area (Å²) in [7, 11) is 0. The molecule has 0 radical (unpaired) electrons. The first-order valence-electron chi connectivity index (χ1n) is 7.68. The van der Waals surface area contributed by atoms with Crippen LogP contribution in [0.15, 0.2) is 0 Å². The first-order chi connectivity index (χ1) is 10.3. The number of hydrogen-bond acceptors (Lipinski definition) is 5. The van der Waals surface area contributed by atoms with Crippen LogP contribution in [0.2, 0.25) is 0 Å². The minimum Gasteiger partial charge on any atom is -0.480 e. The molecule has 0 aromatic rings. The van der Waals surface area contributed by atoms with Crippen molar-refractivity contribution in [2.75, 3.05) is 0 Å². The third-order valence-corrected chi connectivity index (χ3v) is 3.88. The average molecular weight is 315 g/mol. The monoisotopic (exact) mass is 315 g/mol. The Morgan fingerprint density at radius 1 is 1.27 bits per heavy atom. The number of alkyl carbamates (subject to hydrolysis) is 1. The van der Waals surface area contributed by atoms with Gasteiger partial charge in [0.15, 0.2) is 0 Å². The molecule has 1 saturated carbocycles. The molecule has 126 valence electrons. The molecule has 0 spiro atoms. The zero-order valence-electron chi connectivity index (χ0n) is 13.4. The maximum Gasteiger partial charge on any atom is 0.411 e. The zero-order chi connectivity index (χ0) is 16.8. The number of rotatable bonds is 7. The van der Waals surface area contributed by atoms with Gasteiger partial charge in [-0.2, -0.15) is 0 Å². The molecule has 0 unspecified atom stereocenters. The van der Waals surface area contributed by atoms with Gasteiger partial charge in [-0.15, -0.1) is 0 Å². The maximum atomic E-state index is 11.8. The Hall–Kier alpha value is -1.79. The molecule has 7 nitrogen and oxygen atoms in total. The predicted octanol–water partition coefficient (Wildman–Crippen LogP) is 2.44. The van der Waals surface area contributed by atoms with Crippen molar-refractivity contribution in [1.29, 1.82) is 0 Å². The van der Waals surface area contributed by atoms with E-state index in [4.69, 9.17) is 9.47 Å². The van der Waals surface area contributed by atoms with Crippen molar-refractivity contribution in [2.45, 2.75) is 71.1 Å². The van der Waals surface area contributed by atoms with Crippen molar-refractivity contribution in [3.63, 3.8) is 0 Å². The van der Waals surface area contributed by atoms with E-state index in [-0.39, 0.29) is 12.3 Å². The summed E-state index contributed by atoms with van der Waals surface area (Å²) < 4.78 is 9.69. The van der Waals surface area contributed by atoms with E-state index in [1.54, 1.807) is 6.92 Å². The van der Waals surface area contributed by atoms with Crippen LogP contribution in [0.1, 0.15) is 59.3 Å². The highest BCUT2D eigenvalue weighted by Gasteiger charge is 2.38. The second-order valence-corrected chi connectivity index (χ2v) is 5.93. The third kappa shape index (κ3) is 5.54. The van der Waals surface area contributed by atoms with Crippen molar-refractivity contribution < 1.29 is 29.0 Å². The fourth-order valence-corrected chi connectivity index (χ4v) is 2.68. The van der Waals surface area contributed by atoms with Gasteiger partial charge >= 0.3 is 18.0 Å². The van der Waals surface area contributed by atoms with Crippen molar-refractivity contribution in [3.8, 4) is 0 Å². The number of esters is 1. The first kappa shape index (κ1) is 18.3. The van der Waals surface area contributed by atoms with E-state index < -0.39 is 29.9 Å². The lowest BCUT2D eigenvalue weighted by Crippen LogP contribution is -2.53. The standard InChI is InChI=1S/C15H25NO6/c1-4-12(17)21-10(2)22-14(20)16-15(3,13(18)19)9-11-7-5-6-8-11/h10-11H,4-9H2,1-3H3,(H,16,20)(H,18,19)/t10-,15-/m0/s1. The molecule has 1 aliphatic carbocycles. The van der Waals surface area contributed by atoms with Crippen molar-refractivity contribution in [2.24, 2.45) is 5.92 Å². The van der Waals surface area contributed by atoms with Gasteiger partial charge in [-0.05, 0) is 19.3 Å². The second kappa shape index (κ2) is 8.00. The van der Waals surface area contributed by atoms with Crippen LogP contribution in [0.25, 0.3) is 0 Å². The lowest BCUT2D eigenvalue weighted by atomic mass is 9.88. The van der Waals surface area contributed by atoms with Gasteiger partial charge in [-0.3, -0.25) is 4.79 Å². The lowest BCUT2D eigenvalue weighted by Gasteiger charge is -2.29. The summed E-state index contributed by atoms with van der Waals surface area (Å²) in [5, 5.41) is 11.8. The van der Waals surface area contributed by atoms with Crippen LogP contribution in [0, 0.1) is 5.92 Å². The first-order valence-corrected chi connectivity index (χ1v) is 7.68. The molecule has 0 bridgehead atoms. The number of carboxylic acids is 1. The third-order valence-electron chi connectivity index (χ3n) is 3.88. The Labute approximate surface area is 130 Å². The van der Waals surface area contributed by atoms with Crippen molar-refractivity contribution in [3.05, 3.63) is 0 Å². The quantitative estimate of drug-likeness (QED) is 0.552. The molecule has 0 aromatic carbocycles. The molecule has 0 aromatic heterocycles. The molecule has 1 amide bonds. The normalized spacial score (nSPS) is 19.0. The van der Waals surface area contributed by atoms with Gasteiger partial charge in [-0.25, -0.2) is 9.59 Å². The number of amides is 1. The van der Waals surface area contributed by atoms with Gasteiger partial charge in [0, 0.05) is 13.3 Å². The minimum atomic E-state index is -1.39. The van der Waals surface area contributed by atoms with Crippen LogP contribution in [-0.2, 0) is 19.1 Å². The van der Waals surface area contributed by atoms with Crippen molar-refractivity contribution in [1.82, 2.24) is 5.32 Å². The largest absolute Gasteiger partial charge is 0.480 e. The van der Waals surface area contributed by atoms with Crippen LogP contribution in [0.4, 0.5) is 4.79 Å². The van der Waals surface area contributed by atoms with Gasteiger partial charge in [0.25, 0.3) is 0 Å². The molecule has 1 rings (SSSR count). The van der Waals surface area contributed by atoms with E-state index in [0.29, 0.717) is 6.42 Å². The zero-order valence-corrected chi connectivity index (χ0v) is 13.4. The lowest BCUT2D eigenvalue weighted by molar-refractivity contribution is -0.165. The molecule has 2 N–H and O–H groups in total. The number of carbonyl (C=O) groups is 3. The molecule has 1 aliphatic rings. The highest BCUT2D eigenvalue weighted by Crippen LogP contribution is 2.32. The SMILES string of the molecule is CCC(=O)O[C@H](C)OC(=O)N[C@@](C)(CC1CCCC1)C(=O)O. The van der Waals surface area contributed by atoms with E-state index in [1.807, 2.05) is 0 Å². The molecular weight excluding hydrogens is 290 g/mol. The van der Waals surface area contributed by atoms with Crippen molar-refractivity contribution >= 4 is 18.0 Å². The fraction of sp³-hybridized carbons (Fsp3) is 0.800. The summed E-state index contributed by atoms with van der Waals surface area (Å²) in [5.74, 6) is -1.31.